The Balaban J connectivity index is 2.29. The third kappa shape index (κ3) is 2.48. The molecule has 1 aliphatic rings. The van der Waals surface area contributed by atoms with Gasteiger partial charge < -0.3 is 14.7 Å². The predicted molar refractivity (Wildman–Crippen MR) is 70.4 cm³/mol. The summed E-state index contributed by atoms with van der Waals surface area (Å²) in [5.41, 5.74) is 2.47. The van der Waals surface area contributed by atoms with Crippen molar-refractivity contribution < 1.29 is 14.6 Å². The van der Waals surface area contributed by atoms with Gasteiger partial charge in [0.2, 0.25) is 0 Å². The lowest BCUT2D eigenvalue weighted by Crippen LogP contribution is -2.45. The number of rotatable bonds is 3. The Labute approximate surface area is 107 Å². The minimum absolute atomic E-state index is 0.345. The van der Waals surface area contributed by atoms with Crippen LogP contribution in [0.5, 0.6) is 0 Å². The summed E-state index contributed by atoms with van der Waals surface area (Å²) in [6, 6.07) is 5.70. The molecule has 4 heteroatoms. The highest BCUT2D eigenvalue weighted by molar-refractivity contribution is 5.88. The van der Waals surface area contributed by atoms with E-state index in [-0.39, 0.29) is 0 Å². The molecule has 0 aromatic heterocycles. The highest BCUT2D eigenvalue weighted by atomic mass is 16.5. The van der Waals surface area contributed by atoms with Crippen LogP contribution in [-0.2, 0) is 4.74 Å². The van der Waals surface area contributed by atoms with E-state index < -0.39 is 5.97 Å². The Bertz CT molecular complexity index is 445. The molecule has 0 radical (unpaired) electrons. The lowest BCUT2D eigenvalue weighted by atomic mass is 10.1. The van der Waals surface area contributed by atoms with Crippen molar-refractivity contribution in [1.29, 1.82) is 0 Å². The van der Waals surface area contributed by atoms with Crippen molar-refractivity contribution >= 4 is 11.7 Å². The molecule has 1 fully saturated rings. The molecular weight excluding hydrogens is 230 g/mol. The van der Waals surface area contributed by atoms with Crippen LogP contribution in [0.25, 0.3) is 0 Å². The number of anilines is 1. The van der Waals surface area contributed by atoms with E-state index in [1.165, 1.54) is 0 Å². The Hall–Kier alpha value is -1.55. The molecule has 0 amide bonds. The quantitative estimate of drug-likeness (QED) is 0.893. The van der Waals surface area contributed by atoms with E-state index in [0.717, 1.165) is 37.4 Å². The van der Waals surface area contributed by atoms with E-state index in [4.69, 9.17) is 9.84 Å². The summed E-state index contributed by atoms with van der Waals surface area (Å²) in [5, 5.41) is 8.98. The standard InChI is InChI=1S/C14H19NO3/c1-3-12-9-18-7-6-15(12)13-5-4-11(14(16)17)8-10(13)2/h4-5,8,12H,3,6-7,9H2,1-2H3,(H,16,17). The van der Waals surface area contributed by atoms with Crippen molar-refractivity contribution in [2.24, 2.45) is 0 Å². The van der Waals surface area contributed by atoms with Gasteiger partial charge in [0.1, 0.15) is 0 Å². The fraction of sp³-hybridized carbons (Fsp3) is 0.500. The molecule has 1 aliphatic heterocycles. The highest BCUT2D eigenvalue weighted by Crippen LogP contribution is 2.26. The van der Waals surface area contributed by atoms with E-state index in [1.54, 1.807) is 12.1 Å². The normalized spacial score (nSPS) is 19.9. The van der Waals surface area contributed by atoms with Gasteiger partial charge in [-0.1, -0.05) is 6.92 Å². The second kappa shape index (κ2) is 5.40. The summed E-state index contributed by atoms with van der Waals surface area (Å²) >= 11 is 0. The molecule has 0 aliphatic carbocycles. The van der Waals surface area contributed by atoms with Crippen molar-refractivity contribution in [2.75, 3.05) is 24.7 Å². The second-order valence-corrected chi connectivity index (χ2v) is 4.64. The number of hydrogen-bond acceptors (Lipinski definition) is 3. The largest absolute Gasteiger partial charge is 0.478 e. The molecule has 1 atom stereocenters. The monoisotopic (exact) mass is 249 g/mol. The average molecular weight is 249 g/mol. The minimum Gasteiger partial charge on any atom is -0.478 e. The van der Waals surface area contributed by atoms with Gasteiger partial charge in [0.15, 0.2) is 0 Å². The van der Waals surface area contributed by atoms with Crippen LogP contribution in [0.3, 0.4) is 0 Å². The Morgan fingerprint density at radius 2 is 2.33 bits per heavy atom. The van der Waals surface area contributed by atoms with E-state index in [0.29, 0.717) is 11.6 Å². The second-order valence-electron chi connectivity index (χ2n) is 4.64. The Kier molecular flexibility index (Phi) is 3.87. The molecule has 98 valence electrons. The van der Waals surface area contributed by atoms with Gasteiger partial charge in [-0.05, 0) is 37.1 Å². The van der Waals surface area contributed by atoms with Gasteiger partial charge in [0, 0.05) is 12.2 Å². The third-order valence-corrected chi connectivity index (χ3v) is 3.45. The van der Waals surface area contributed by atoms with Crippen molar-refractivity contribution in [1.82, 2.24) is 0 Å². The minimum atomic E-state index is -0.876. The van der Waals surface area contributed by atoms with Crippen LogP contribution in [0.4, 0.5) is 5.69 Å². The predicted octanol–water partition coefficient (Wildman–Crippen LogP) is 2.31. The number of benzene rings is 1. The average Bonchev–Trinajstić information content (AvgIpc) is 2.38. The van der Waals surface area contributed by atoms with Gasteiger partial charge in [-0.25, -0.2) is 4.79 Å². The van der Waals surface area contributed by atoms with Gasteiger partial charge in [-0.15, -0.1) is 0 Å². The number of morpholine rings is 1. The summed E-state index contributed by atoms with van der Waals surface area (Å²) in [6.07, 6.45) is 1.03. The van der Waals surface area contributed by atoms with Crippen LogP contribution in [0.15, 0.2) is 18.2 Å². The number of hydrogen-bond donors (Lipinski definition) is 1. The fourth-order valence-corrected chi connectivity index (χ4v) is 2.42. The number of nitrogens with zero attached hydrogens (tertiary/aromatic N) is 1. The lowest BCUT2D eigenvalue weighted by molar-refractivity contribution is 0.0696. The molecule has 1 unspecified atom stereocenters. The smallest absolute Gasteiger partial charge is 0.335 e. The molecule has 18 heavy (non-hydrogen) atoms. The molecule has 0 spiro atoms. The van der Waals surface area contributed by atoms with Crippen LogP contribution in [-0.4, -0.2) is 36.9 Å². The lowest BCUT2D eigenvalue weighted by Gasteiger charge is -2.37. The first kappa shape index (κ1) is 12.9. The molecule has 1 aromatic carbocycles. The van der Waals surface area contributed by atoms with Crippen LogP contribution in [0.1, 0.15) is 29.3 Å². The number of carboxylic acids is 1. The molecule has 1 saturated heterocycles. The summed E-state index contributed by atoms with van der Waals surface area (Å²) in [5.74, 6) is -0.876. The molecule has 0 bridgehead atoms. The van der Waals surface area contributed by atoms with E-state index in [2.05, 4.69) is 11.8 Å². The molecule has 1 N–H and O–H groups in total. The Morgan fingerprint density at radius 3 is 2.94 bits per heavy atom. The van der Waals surface area contributed by atoms with Crippen LogP contribution >= 0.6 is 0 Å². The fourth-order valence-electron chi connectivity index (χ4n) is 2.42. The Morgan fingerprint density at radius 1 is 1.56 bits per heavy atom. The van der Waals surface area contributed by atoms with E-state index in [1.807, 2.05) is 13.0 Å². The van der Waals surface area contributed by atoms with Gasteiger partial charge in [-0.3, -0.25) is 0 Å². The zero-order valence-electron chi connectivity index (χ0n) is 10.8. The summed E-state index contributed by atoms with van der Waals surface area (Å²) in [6.45, 7) is 6.45. The maximum atomic E-state index is 10.9. The summed E-state index contributed by atoms with van der Waals surface area (Å²) < 4.78 is 5.49. The van der Waals surface area contributed by atoms with Gasteiger partial charge in [-0.2, -0.15) is 0 Å². The van der Waals surface area contributed by atoms with Crippen LogP contribution in [0.2, 0.25) is 0 Å². The van der Waals surface area contributed by atoms with E-state index in [9.17, 15) is 4.79 Å². The molecule has 0 saturated carbocycles. The van der Waals surface area contributed by atoms with Crippen LogP contribution < -0.4 is 4.90 Å². The zero-order chi connectivity index (χ0) is 13.1. The molecule has 2 rings (SSSR count). The van der Waals surface area contributed by atoms with Crippen LogP contribution in [0, 0.1) is 6.92 Å². The van der Waals surface area contributed by atoms with Crippen molar-refractivity contribution in [2.45, 2.75) is 26.3 Å². The van der Waals surface area contributed by atoms with Gasteiger partial charge >= 0.3 is 5.97 Å². The first-order valence-corrected chi connectivity index (χ1v) is 6.31. The maximum Gasteiger partial charge on any atom is 0.335 e. The molecule has 4 nitrogen and oxygen atoms in total. The van der Waals surface area contributed by atoms with E-state index >= 15 is 0 Å². The SMILES string of the molecule is CCC1COCCN1c1ccc(C(=O)O)cc1C. The topological polar surface area (TPSA) is 49.8 Å². The summed E-state index contributed by atoms with van der Waals surface area (Å²) in [7, 11) is 0. The third-order valence-electron chi connectivity index (χ3n) is 3.45. The van der Waals surface area contributed by atoms with Crippen molar-refractivity contribution in [3.63, 3.8) is 0 Å². The summed E-state index contributed by atoms with van der Waals surface area (Å²) in [4.78, 5) is 13.3. The molecule has 1 aromatic rings. The highest BCUT2D eigenvalue weighted by Gasteiger charge is 2.23. The molecular formula is C14H19NO3. The van der Waals surface area contributed by atoms with Gasteiger partial charge in [0.25, 0.3) is 0 Å². The maximum absolute atomic E-state index is 10.9. The number of ether oxygens (including phenoxy) is 1. The molecule has 1 heterocycles. The van der Waals surface area contributed by atoms with Gasteiger partial charge in [0.05, 0.1) is 24.8 Å². The first-order valence-electron chi connectivity index (χ1n) is 6.31. The first-order chi connectivity index (χ1) is 8.63. The number of carbonyl (C=O) groups is 1. The zero-order valence-corrected chi connectivity index (χ0v) is 10.8. The van der Waals surface area contributed by atoms with Crippen molar-refractivity contribution in [3.05, 3.63) is 29.3 Å². The number of aromatic carboxylic acids is 1. The number of aryl methyl sites for hydroxylation is 1. The van der Waals surface area contributed by atoms with Crippen molar-refractivity contribution in [3.8, 4) is 0 Å². The number of carboxylic acid groups (broad SMARTS) is 1.